The molecule has 0 aromatic heterocycles. The summed E-state index contributed by atoms with van der Waals surface area (Å²) in [5, 5.41) is 2.92. The fraction of sp³-hybridized carbons (Fsp3) is 0.727. The summed E-state index contributed by atoms with van der Waals surface area (Å²) in [4.78, 5) is 13.5. The first-order chi connectivity index (χ1) is 6.74. The SMILES string of the molecule is C#CCNCC(=O)N1CCC(C)CC1. The molecule has 0 unspecified atom stereocenters. The van der Waals surface area contributed by atoms with Gasteiger partial charge in [0.15, 0.2) is 0 Å². The fourth-order valence-corrected chi connectivity index (χ4v) is 1.61. The fourth-order valence-electron chi connectivity index (χ4n) is 1.61. The van der Waals surface area contributed by atoms with Crippen LogP contribution in [0.15, 0.2) is 0 Å². The molecule has 0 radical (unpaired) electrons. The molecule has 1 saturated heterocycles. The lowest BCUT2D eigenvalue weighted by Gasteiger charge is -2.30. The van der Waals surface area contributed by atoms with Crippen LogP contribution < -0.4 is 5.32 Å². The molecule has 1 heterocycles. The van der Waals surface area contributed by atoms with E-state index in [0.717, 1.165) is 31.8 Å². The van der Waals surface area contributed by atoms with Crippen LogP contribution in [0, 0.1) is 18.3 Å². The van der Waals surface area contributed by atoms with Gasteiger partial charge in [-0.15, -0.1) is 6.42 Å². The van der Waals surface area contributed by atoms with Crippen LogP contribution in [0.25, 0.3) is 0 Å². The zero-order chi connectivity index (χ0) is 10.4. The zero-order valence-corrected chi connectivity index (χ0v) is 8.75. The Balaban J connectivity index is 2.21. The van der Waals surface area contributed by atoms with Crippen LogP contribution in [0.4, 0.5) is 0 Å². The molecule has 1 aliphatic heterocycles. The maximum Gasteiger partial charge on any atom is 0.236 e. The highest BCUT2D eigenvalue weighted by Gasteiger charge is 2.19. The average molecular weight is 194 g/mol. The molecule has 0 aliphatic carbocycles. The van der Waals surface area contributed by atoms with E-state index < -0.39 is 0 Å². The molecule has 1 rings (SSSR count). The normalized spacial score (nSPS) is 17.9. The maximum atomic E-state index is 11.6. The minimum absolute atomic E-state index is 0.173. The monoisotopic (exact) mass is 194 g/mol. The highest BCUT2D eigenvalue weighted by molar-refractivity contribution is 5.78. The van der Waals surface area contributed by atoms with Gasteiger partial charge in [-0.1, -0.05) is 12.8 Å². The second kappa shape index (κ2) is 5.66. The van der Waals surface area contributed by atoms with E-state index in [9.17, 15) is 4.79 Å². The van der Waals surface area contributed by atoms with Gasteiger partial charge in [-0.25, -0.2) is 0 Å². The summed E-state index contributed by atoms with van der Waals surface area (Å²) >= 11 is 0. The van der Waals surface area contributed by atoms with Gasteiger partial charge in [0.05, 0.1) is 13.1 Å². The lowest BCUT2D eigenvalue weighted by atomic mass is 9.99. The Hall–Kier alpha value is -1.01. The van der Waals surface area contributed by atoms with Crippen molar-refractivity contribution in [1.82, 2.24) is 10.2 Å². The standard InChI is InChI=1S/C11H18N2O/c1-3-6-12-9-11(14)13-7-4-10(2)5-8-13/h1,10,12H,4-9H2,2H3. The molecule has 0 bridgehead atoms. The summed E-state index contributed by atoms with van der Waals surface area (Å²) < 4.78 is 0. The van der Waals surface area contributed by atoms with Crippen LogP contribution in [0.5, 0.6) is 0 Å². The van der Waals surface area contributed by atoms with Crippen molar-refractivity contribution < 1.29 is 4.79 Å². The van der Waals surface area contributed by atoms with Crippen molar-refractivity contribution >= 4 is 5.91 Å². The topological polar surface area (TPSA) is 32.3 Å². The molecule has 0 aromatic rings. The number of hydrogen-bond acceptors (Lipinski definition) is 2. The van der Waals surface area contributed by atoms with Crippen molar-refractivity contribution in [3.05, 3.63) is 0 Å². The Labute approximate surface area is 85.9 Å². The van der Waals surface area contributed by atoms with E-state index in [4.69, 9.17) is 6.42 Å². The largest absolute Gasteiger partial charge is 0.342 e. The van der Waals surface area contributed by atoms with E-state index in [2.05, 4.69) is 18.2 Å². The van der Waals surface area contributed by atoms with Crippen LogP contribution in [0.2, 0.25) is 0 Å². The van der Waals surface area contributed by atoms with Crippen molar-refractivity contribution in [2.45, 2.75) is 19.8 Å². The van der Waals surface area contributed by atoms with Crippen LogP contribution in [-0.2, 0) is 4.79 Å². The van der Waals surface area contributed by atoms with Crippen molar-refractivity contribution in [3.63, 3.8) is 0 Å². The van der Waals surface area contributed by atoms with Gasteiger partial charge in [0, 0.05) is 13.1 Å². The molecule has 14 heavy (non-hydrogen) atoms. The summed E-state index contributed by atoms with van der Waals surface area (Å²) in [7, 11) is 0. The van der Waals surface area contributed by atoms with E-state index in [1.807, 2.05) is 4.90 Å². The molecule has 3 heteroatoms. The number of likely N-dealkylation sites (tertiary alicyclic amines) is 1. The van der Waals surface area contributed by atoms with Gasteiger partial charge in [-0.05, 0) is 18.8 Å². The summed E-state index contributed by atoms with van der Waals surface area (Å²) in [5.41, 5.74) is 0. The third-order valence-electron chi connectivity index (χ3n) is 2.64. The summed E-state index contributed by atoms with van der Waals surface area (Å²) in [5.74, 6) is 3.39. The first-order valence-electron chi connectivity index (χ1n) is 5.16. The smallest absolute Gasteiger partial charge is 0.236 e. The van der Waals surface area contributed by atoms with Crippen molar-refractivity contribution in [2.75, 3.05) is 26.2 Å². The number of terminal acetylenes is 1. The van der Waals surface area contributed by atoms with E-state index >= 15 is 0 Å². The number of piperidine rings is 1. The number of carbonyl (C=O) groups excluding carboxylic acids is 1. The Bertz CT molecular complexity index is 224. The predicted octanol–water partition coefficient (Wildman–Crippen LogP) is 0.468. The number of carbonyl (C=O) groups is 1. The van der Waals surface area contributed by atoms with Crippen molar-refractivity contribution in [2.24, 2.45) is 5.92 Å². The third kappa shape index (κ3) is 3.39. The maximum absolute atomic E-state index is 11.6. The minimum atomic E-state index is 0.173. The number of nitrogens with zero attached hydrogens (tertiary/aromatic N) is 1. The Morgan fingerprint density at radius 2 is 2.21 bits per heavy atom. The molecular weight excluding hydrogens is 176 g/mol. The molecule has 1 fully saturated rings. The quantitative estimate of drug-likeness (QED) is 0.523. The van der Waals surface area contributed by atoms with Gasteiger partial charge in [0.1, 0.15) is 0 Å². The molecule has 1 aliphatic rings. The second-order valence-corrected chi connectivity index (χ2v) is 3.87. The zero-order valence-electron chi connectivity index (χ0n) is 8.75. The predicted molar refractivity (Wildman–Crippen MR) is 56.7 cm³/mol. The second-order valence-electron chi connectivity index (χ2n) is 3.87. The minimum Gasteiger partial charge on any atom is -0.342 e. The Kier molecular flexibility index (Phi) is 4.48. The van der Waals surface area contributed by atoms with Gasteiger partial charge in [-0.3, -0.25) is 10.1 Å². The molecule has 1 N–H and O–H groups in total. The lowest BCUT2D eigenvalue weighted by molar-refractivity contribution is -0.131. The summed E-state index contributed by atoms with van der Waals surface area (Å²) in [6.45, 7) is 4.88. The average Bonchev–Trinajstić information content (AvgIpc) is 2.19. The summed E-state index contributed by atoms with van der Waals surface area (Å²) in [6.07, 6.45) is 7.33. The van der Waals surface area contributed by atoms with Gasteiger partial charge in [0.25, 0.3) is 0 Å². The Morgan fingerprint density at radius 1 is 1.57 bits per heavy atom. The molecule has 3 nitrogen and oxygen atoms in total. The molecule has 0 aromatic carbocycles. The number of rotatable bonds is 3. The number of hydrogen-bond donors (Lipinski definition) is 1. The molecule has 78 valence electrons. The van der Waals surface area contributed by atoms with E-state index in [-0.39, 0.29) is 5.91 Å². The molecule has 1 amide bonds. The molecule has 0 spiro atoms. The third-order valence-corrected chi connectivity index (χ3v) is 2.64. The van der Waals surface area contributed by atoms with E-state index in [1.54, 1.807) is 0 Å². The van der Waals surface area contributed by atoms with Gasteiger partial charge in [0.2, 0.25) is 5.91 Å². The van der Waals surface area contributed by atoms with E-state index in [1.165, 1.54) is 0 Å². The van der Waals surface area contributed by atoms with Crippen molar-refractivity contribution in [3.8, 4) is 12.3 Å². The van der Waals surface area contributed by atoms with E-state index in [0.29, 0.717) is 13.1 Å². The van der Waals surface area contributed by atoms with Crippen LogP contribution in [-0.4, -0.2) is 37.0 Å². The first kappa shape index (κ1) is 11.1. The summed E-state index contributed by atoms with van der Waals surface area (Å²) in [6, 6.07) is 0. The molecular formula is C11H18N2O. The first-order valence-corrected chi connectivity index (χ1v) is 5.16. The number of nitrogens with one attached hydrogen (secondary N) is 1. The van der Waals surface area contributed by atoms with Crippen LogP contribution in [0.1, 0.15) is 19.8 Å². The van der Waals surface area contributed by atoms with Crippen LogP contribution in [0.3, 0.4) is 0 Å². The van der Waals surface area contributed by atoms with Crippen molar-refractivity contribution in [1.29, 1.82) is 0 Å². The highest BCUT2D eigenvalue weighted by Crippen LogP contribution is 2.15. The van der Waals surface area contributed by atoms with Gasteiger partial charge in [-0.2, -0.15) is 0 Å². The highest BCUT2D eigenvalue weighted by atomic mass is 16.2. The van der Waals surface area contributed by atoms with Crippen LogP contribution >= 0.6 is 0 Å². The molecule has 0 atom stereocenters. The van der Waals surface area contributed by atoms with Gasteiger partial charge >= 0.3 is 0 Å². The Morgan fingerprint density at radius 3 is 2.79 bits per heavy atom. The lowest BCUT2D eigenvalue weighted by Crippen LogP contribution is -2.42. The number of amides is 1. The van der Waals surface area contributed by atoms with Gasteiger partial charge < -0.3 is 4.90 Å². The molecule has 0 saturated carbocycles.